The smallest absolute Gasteiger partial charge is 0.123 e. The molecule has 0 amide bonds. The lowest BCUT2D eigenvalue weighted by atomic mass is 10.1. The van der Waals surface area contributed by atoms with Crippen LogP contribution in [-0.2, 0) is 6.54 Å². The van der Waals surface area contributed by atoms with Crippen molar-refractivity contribution in [3.05, 3.63) is 69.0 Å². The van der Waals surface area contributed by atoms with Crippen molar-refractivity contribution in [3.63, 3.8) is 0 Å². The minimum Gasteiger partial charge on any atom is -0.306 e. The molecule has 0 unspecified atom stereocenters. The largest absolute Gasteiger partial charge is 0.306 e. The summed E-state index contributed by atoms with van der Waals surface area (Å²) in [7, 11) is 0. The van der Waals surface area contributed by atoms with Gasteiger partial charge in [-0.25, -0.2) is 4.39 Å². The molecule has 3 heteroatoms. The Morgan fingerprint density at radius 3 is 2.56 bits per heavy atom. The van der Waals surface area contributed by atoms with Crippen LogP contribution in [-0.4, -0.2) is 0 Å². The third-order valence-corrected chi connectivity index (χ3v) is 3.54. The van der Waals surface area contributed by atoms with E-state index in [2.05, 4.69) is 59.1 Å². The SMILES string of the molecule is C[C@H](NCc1cccc(I)c1)c1ccc(F)cc1. The maximum atomic E-state index is 12.8. The van der Waals surface area contributed by atoms with Gasteiger partial charge in [0.2, 0.25) is 0 Å². The van der Waals surface area contributed by atoms with E-state index in [4.69, 9.17) is 0 Å². The molecule has 0 saturated carbocycles. The van der Waals surface area contributed by atoms with E-state index in [0.29, 0.717) is 0 Å². The van der Waals surface area contributed by atoms with Crippen LogP contribution < -0.4 is 5.32 Å². The first kappa shape index (κ1) is 13.5. The summed E-state index contributed by atoms with van der Waals surface area (Å²) >= 11 is 2.31. The second-order valence-electron chi connectivity index (χ2n) is 4.28. The molecule has 0 heterocycles. The number of hydrogen-bond acceptors (Lipinski definition) is 1. The van der Waals surface area contributed by atoms with Gasteiger partial charge in [-0.2, -0.15) is 0 Å². The molecule has 2 aromatic carbocycles. The quantitative estimate of drug-likeness (QED) is 0.808. The van der Waals surface area contributed by atoms with E-state index >= 15 is 0 Å². The minimum absolute atomic E-state index is 0.191. The molecule has 0 aliphatic carbocycles. The van der Waals surface area contributed by atoms with E-state index in [1.54, 1.807) is 0 Å². The highest BCUT2D eigenvalue weighted by Crippen LogP contribution is 2.14. The first-order valence-electron chi connectivity index (χ1n) is 5.88. The first-order valence-corrected chi connectivity index (χ1v) is 6.96. The van der Waals surface area contributed by atoms with Gasteiger partial charge in [0.1, 0.15) is 5.82 Å². The van der Waals surface area contributed by atoms with Crippen molar-refractivity contribution in [1.29, 1.82) is 0 Å². The Kier molecular flexibility index (Phi) is 4.72. The molecule has 0 aromatic heterocycles. The molecule has 18 heavy (non-hydrogen) atoms. The van der Waals surface area contributed by atoms with Gasteiger partial charge in [0.05, 0.1) is 0 Å². The summed E-state index contributed by atoms with van der Waals surface area (Å²) in [6.45, 7) is 2.90. The number of benzene rings is 2. The zero-order valence-electron chi connectivity index (χ0n) is 10.2. The molecular weight excluding hydrogens is 340 g/mol. The third kappa shape index (κ3) is 3.78. The second kappa shape index (κ2) is 6.29. The maximum absolute atomic E-state index is 12.8. The van der Waals surface area contributed by atoms with Gasteiger partial charge in [0.25, 0.3) is 0 Å². The Hall–Kier alpha value is -0.940. The summed E-state index contributed by atoms with van der Waals surface area (Å²) in [5.74, 6) is -0.191. The zero-order valence-corrected chi connectivity index (χ0v) is 12.3. The fraction of sp³-hybridized carbons (Fsp3) is 0.200. The van der Waals surface area contributed by atoms with E-state index in [9.17, 15) is 4.39 Å². The summed E-state index contributed by atoms with van der Waals surface area (Å²) in [6.07, 6.45) is 0. The van der Waals surface area contributed by atoms with Crippen molar-refractivity contribution in [3.8, 4) is 0 Å². The molecule has 0 aliphatic rings. The predicted octanol–water partition coefficient (Wildman–Crippen LogP) is 4.28. The number of nitrogens with one attached hydrogen (secondary N) is 1. The summed E-state index contributed by atoms with van der Waals surface area (Å²) in [5, 5.41) is 3.44. The van der Waals surface area contributed by atoms with Crippen molar-refractivity contribution in [2.75, 3.05) is 0 Å². The fourth-order valence-corrected chi connectivity index (χ4v) is 2.39. The molecular formula is C15H15FIN. The average Bonchev–Trinajstić information content (AvgIpc) is 2.37. The molecule has 2 rings (SSSR count). The van der Waals surface area contributed by atoms with Crippen LogP contribution in [0.2, 0.25) is 0 Å². The van der Waals surface area contributed by atoms with Gasteiger partial charge in [-0.1, -0.05) is 24.3 Å². The van der Waals surface area contributed by atoms with E-state index < -0.39 is 0 Å². The molecule has 0 spiro atoms. The van der Waals surface area contributed by atoms with Crippen LogP contribution in [0.25, 0.3) is 0 Å². The van der Waals surface area contributed by atoms with Crippen LogP contribution in [0, 0.1) is 9.39 Å². The van der Waals surface area contributed by atoms with Gasteiger partial charge < -0.3 is 5.32 Å². The molecule has 94 valence electrons. The highest BCUT2D eigenvalue weighted by Gasteiger charge is 2.04. The van der Waals surface area contributed by atoms with E-state index in [0.717, 1.165) is 12.1 Å². The van der Waals surface area contributed by atoms with Crippen LogP contribution >= 0.6 is 22.6 Å². The number of rotatable bonds is 4. The summed E-state index contributed by atoms with van der Waals surface area (Å²) < 4.78 is 14.1. The third-order valence-electron chi connectivity index (χ3n) is 2.87. The molecule has 1 nitrogen and oxygen atoms in total. The highest BCUT2D eigenvalue weighted by atomic mass is 127. The zero-order chi connectivity index (χ0) is 13.0. The van der Waals surface area contributed by atoms with Crippen molar-refractivity contribution >= 4 is 22.6 Å². The normalized spacial score (nSPS) is 12.4. The lowest BCUT2D eigenvalue weighted by Gasteiger charge is -2.14. The Bertz CT molecular complexity index is 510. The predicted molar refractivity (Wildman–Crippen MR) is 80.8 cm³/mol. The average molecular weight is 355 g/mol. The van der Waals surface area contributed by atoms with Gasteiger partial charge in [-0.3, -0.25) is 0 Å². The van der Waals surface area contributed by atoms with Crippen LogP contribution in [0.5, 0.6) is 0 Å². The lowest BCUT2D eigenvalue weighted by Crippen LogP contribution is -2.18. The van der Waals surface area contributed by atoms with Gasteiger partial charge in [0.15, 0.2) is 0 Å². The molecule has 0 fully saturated rings. The molecule has 2 aromatic rings. The number of hydrogen-bond donors (Lipinski definition) is 1. The van der Waals surface area contributed by atoms with Crippen molar-refractivity contribution in [2.45, 2.75) is 19.5 Å². The summed E-state index contributed by atoms with van der Waals surface area (Å²) in [6, 6.07) is 15.2. The van der Waals surface area contributed by atoms with E-state index in [1.165, 1.54) is 21.3 Å². The lowest BCUT2D eigenvalue weighted by molar-refractivity contribution is 0.571. The topological polar surface area (TPSA) is 12.0 Å². The molecule has 0 radical (unpaired) electrons. The summed E-state index contributed by atoms with van der Waals surface area (Å²) in [4.78, 5) is 0. The molecule has 1 atom stereocenters. The molecule has 1 N–H and O–H groups in total. The first-order chi connectivity index (χ1) is 8.65. The van der Waals surface area contributed by atoms with E-state index in [1.807, 2.05) is 12.1 Å². The van der Waals surface area contributed by atoms with Crippen LogP contribution in [0.1, 0.15) is 24.1 Å². The molecule has 0 bridgehead atoms. The fourth-order valence-electron chi connectivity index (χ4n) is 1.79. The van der Waals surface area contributed by atoms with Crippen molar-refractivity contribution in [2.24, 2.45) is 0 Å². The van der Waals surface area contributed by atoms with Crippen LogP contribution in [0.4, 0.5) is 4.39 Å². The standard InChI is InChI=1S/C15H15FIN/c1-11(13-5-7-14(16)8-6-13)18-10-12-3-2-4-15(17)9-12/h2-9,11,18H,10H2,1H3/t11-/m0/s1. The van der Waals surface area contributed by atoms with E-state index in [-0.39, 0.29) is 11.9 Å². The van der Waals surface area contributed by atoms with Crippen molar-refractivity contribution in [1.82, 2.24) is 5.32 Å². The Labute approximate surface area is 121 Å². The highest BCUT2D eigenvalue weighted by molar-refractivity contribution is 14.1. The Morgan fingerprint density at radius 2 is 1.89 bits per heavy atom. The summed E-state index contributed by atoms with van der Waals surface area (Å²) in [5.41, 5.74) is 2.36. The molecule has 0 aliphatic heterocycles. The van der Waals surface area contributed by atoms with Crippen LogP contribution in [0.15, 0.2) is 48.5 Å². The van der Waals surface area contributed by atoms with Crippen molar-refractivity contribution < 1.29 is 4.39 Å². The number of halogens is 2. The molecule has 0 saturated heterocycles. The monoisotopic (exact) mass is 355 g/mol. The van der Waals surface area contributed by atoms with Gasteiger partial charge >= 0.3 is 0 Å². The maximum Gasteiger partial charge on any atom is 0.123 e. The van der Waals surface area contributed by atoms with Gasteiger partial charge in [-0.15, -0.1) is 0 Å². The Balaban J connectivity index is 1.96. The van der Waals surface area contributed by atoms with Gasteiger partial charge in [-0.05, 0) is 64.9 Å². The van der Waals surface area contributed by atoms with Crippen LogP contribution in [0.3, 0.4) is 0 Å². The minimum atomic E-state index is -0.191. The Morgan fingerprint density at radius 1 is 1.17 bits per heavy atom. The van der Waals surface area contributed by atoms with Gasteiger partial charge in [0, 0.05) is 16.2 Å². The second-order valence-corrected chi connectivity index (χ2v) is 5.53.